The second-order valence-electron chi connectivity index (χ2n) is 3.19. The minimum atomic E-state index is 0.117. The van der Waals surface area contributed by atoms with Crippen LogP contribution in [0.25, 0.3) is 11.3 Å². The molecule has 0 saturated heterocycles. The van der Waals surface area contributed by atoms with Crippen LogP contribution in [-0.4, -0.2) is 9.97 Å². The zero-order chi connectivity index (χ0) is 11.7. The van der Waals surface area contributed by atoms with Crippen LogP contribution in [0.15, 0.2) is 24.3 Å². The summed E-state index contributed by atoms with van der Waals surface area (Å²) in [5.74, 6) is 0.421. The Balaban J connectivity index is 2.57. The molecule has 16 heavy (non-hydrogen) atoms. The van der Waals surface area contributed by atoms with Gasteiger partial charge < -0.3 is 11.5 Å². The highest BCUT2D eigenvalue weighted by molar-refractivity contribution is 6.35. The van der Waals surface area contributed by atoms with Crippen molar-refractivity contribution in [1.29, 1.82) is 0 Å². The van der Waals surface area contributed by atoms with Crippen molar-refractivity contribution < 1.29 is 0 Å². The van der Waals surface area contributed by atoms with Gasteiger partial charge in [0.25, 0.3) is 0 Å². The van der Waals surface area contributed by atoms with E-state index >= 15 is 0 Å². The van der Waals surface area contributed by atoms with E-state index in [1.165, 1.54) is 0 Å². The normalized spacial score (nSPS) is 10.4. The van der Waals surface area contributed by atoms with Crippen LogP contribution in [-0.2, 0) is 0 Å². The molecule has 0 fully saturated rings. The Kier molecular flexibility index (Phi) is 2.85. The number of aromatic nitrogens is 2. The van der Waals surface area contributed by atoms with Crippen molar-refractivity contribution in [3.63, 3.8) is 0 Å². The average Bonchev–Trinajstić information content (AvgIpc) is 2.14. The summed E-state index contributed by atoms with van der Waals surface area (Å²) >= 11 is 11.8. The molecule has 0 amide bonds. The SMILES string of the molecule is Nc1cc(-c2cc(Cl)cc(Cl)c2)nc(N)n1. The van der Waals surface area contributed by atoms with E-state index in [4.69, 9.17) is 34.7 Å². The van der Waals surface area contributed by atoms with E-state index in [9.17, 15) is 0 Å². The smallest absolute Gasteiger partial charge is 0.222 e. The number of hydrogen-bond acceptors (Lipinski definition) is 4. The number of anilines is 2. The number of rotatable bonds is 1. The van der Waals surface area contributed by atoms with Gasteiger partial charge in [0.1, 0.15) is 5.82 Å². The molecule has 0 aliphatic rings. The zero-order valence-electron chi connectivity index (χ0n) is 8.11. The lowest BCUT2D eigenvalue weighted by Crippen LogP contribution is -2.00. The molecule has 0 saturated carbocycles. The minimum absolute atomic E-state index is 0.117. The van der Waals surface area contributed by atoms with E-state index in [1.807, 2.05) is 0 Å². The molecule has 4 nitrogen and oxygen atoms in total. The van der Waals surface area contributed by atoms with E-state index in [0.717, 1.165) is 5.56 Å². The van der Waals surface area contributed by atoms with Gasteiger partial charge in [-0.1, -0.05) is 23.2 Å². The van der Waals surface area contributed by atoms with E-state index in [0.29, 0.717) is 21.6 Å². The molecule has 1 aromatic heterocycles. The summed E-state index contributed by atoms with van der Waals surface area (Å²) in [5.41, 5.74) is 12.4. The van der Waals surface area contributed by atoms with Gasteiger partial charge in [0.15, 0.2) is 0 Å². The molecule has 0 aliphatic carbocycles. The fourth-order valence-electron chi connectivity index (χ4n) is 1.33. The lowest BCUT2D eigenvalue weighted by molar-refractivity contribution is 1.20. The molecule has 1 heterocycles. The minimum Gasteiger partial charge on any atom is -0.384 e. The van der Waals surface area contributed by atoms with Crippen LogP contribution in [0.5, 0.6) is 0 Å². The molecular weight excluding hydrogens is 247 g/mol. The lowest BCUT2D eigenvalue weighted by Gasteiger charge is -2.04. The number of nitrogens with zero attached hydrogens (tertiary/aromatic N) is 2. The van der Waals surface area contributed by atoms with Crippen molar-refractivity contribution in [2.24, 2.45) is 0 Å². The number of nitrogen functional groups attached to an aromatic ring is 2. The van der Waals surface area contributed by atoms with Crippen molar-refractivity contribution in [3.05, 3.63) is 34.3 Å². The van der Waals surface area contributed by atoms with Crippen LogP contribution in [0.1, 0.15) is 0 Å². The van der Waals surface area contributed by atoms with Crippen LogP contribution in [0.2, 0.25) is 10.0 Å². The maximum atomic E-state index is 5.89. The lowest BCUT2D eigenvalue weighted by atomic mass is 10.1. The first kappa shape index (κ1) is 11.0. The molecule has 0 bridgehead atoms. The number of hydrogen-bond donors (Lipinski definition) is 2. The van der Waals surface area contributed by atoms with Crippen LogP contribution in [0.4, 0.5) is 11.8 Å². The van der Waals surface area contributed by atoms with Crippen molar-refractivity contribution >= 4 is 35.0 Å². The summed E-state index contributed by atoms with van der Waals surface area (Å²) in [7, 11) is 0. The van der Waals surface area contributed by atoms with Gasteiger partial charge in [0.2, 0.25) is 5.95 Å². The van der Waals surface area contributed by atoms with Gasteiger partial charge in [0.05, 0.1) is 5.69 Å². The van der Waals surface area contributed by atoms with Crippen LogP contribution >= 0.6 is 23.2 Å². The van der Waals surface area contributed by atoms with Gasteiger partial charge in [-0.15, -0.1) is 0 Å². The summed E-state index contributed by atoms with van der Waals surface area (Å²) in [6, 6.07) is 6.71. The second-order valence-corrected chi connectivity index (χ2v) is 4.07. The Morgan fingerprint density at radius 1 is 0.875 bits per heavy atom. The van der Waals surface area contributed by atoms with Gasteiger partial charge in [0, 0.05) is 21.7 Å². The second kappa shape index (κ2) is 4.15. The number of halogens is 2. The summed E-state index contributed by atoms with van der Waals surface area (Å²) in [6.07, 6.45) is 0. The third-order valence-electron chi connectivity index (χ3n) is 1.92. The Labute approximate surface area is 102 Å². The van der Waals surface area contributed by atoms with Crippen LogP contribution < -0.4 is 11.5 Å². The van der Waals surface area contributed by atoms with Gasteiger partial charge in [-0.25, -0.2) is 4.98 Å². The third-order valence-corrected chi connectivity index (χ3v) is 2.36. The third kappa shape index (κ3) is 2.35. The first-order valence-electron chi connectivity index (χ1n) is 4.41. The summed E-state index contributed by atoms with van der Waals surface area (Å²) in [6.45, 7) is 0. The van der Waals surface area contributed by atoms with Crippen molar-refractivity contribution in [1.82, 2.24) is 9.97 Å². The van der Waals surface area contributed by atoms with Crippen molar-refractivity contribution in [2.45, 2.75) is 0 Å². The Bertz CT molecular complexity index is 452. The molecule has 0 radical (unpaired) electrons. The molecule has 0 atom stereocenters. The predicted molar refractivity (Wildman–Crippen MR) is 66.3 cm³/mol. The van der Waals surface area contributed by atoms with Gasteiger partial charge in [-0.2, -0.15) is 4.98 Å². The fourth-order valence-corrected chi connectivity index (χ4v) is 1.86. The first-order valence-corrected chi connectivity index (χ1v) is 5.17. The molecule has 1 aromatic carbocycles. The van der Waals surface area contributed by atoms with Crippen LogP contribution in [0, 0.1) is 0 Å². The molecule has 6 heteroatoms. The predicted octanol–water partition coefficient (Wildman–Crippen LogP) is 2.61. The van der Waals surface area contributed by atoms with Crippen molar-refractivity contribution in [3.8, 4) is 11.3 Å². The zero-order valence-corrected chi connectivity index (χ0v) is 9.63. The fraction of sp³-hybridized carbons (Fsp3) is 0. The molecule has 0 spiro atoms. The molecule has 2 aromatic rings. The standard InChI is InChI=1S/C10H8Cl2N4/c11-6-1-5(2-7(12)3-6)8-4-9(13)16-10(14)15-8/h1-4H,(H4,13,14,15,16). The van der Waals surface area contributed by atoms with Gasteiger partial charge >= 0.3 is 0 Å². The summed E-state index contributed by atoms with van der Waals surface area (Å²) in [5, 5.41) is 1.05. The highest BCUT2D eigenvalue weighted by Gasteiger charge is 2.05. The highest BCUT2D eigenvalue weighted by atomic mass is 35.5. The maximum Gasteiger partial charge on any atom is 0.222 e. The molecule has 82 valence electrons. The summed E-state index contributed by atoms with van der Waals surface area (Å²) < 4.78 is 0. The molecule has 0 unspecified atom stereocenters. The van der Waals surface area contributed by atoms with E-state index in [1.54, 1.807) is 24.3 Å². The van der Waals surface area contributed by atoms with Crippen molar-refractivity contribution in [2.75, 3.05) is 11.5 Å². The Morgan fingerprint density at radius 3 is 2.06 bits per heavy atom. The average molecular weight is 255 g/mol. The van der Waals surface area contributed by atoms with Gasteiger partial charge in [-0.3, -0.25) is 0 Å². The molecule has 4 N–H and O–H groups in total. The van der Waals surface area contributed by atoms with Gasteiger partial charge in [-0.05, 0) is 18.2 Å². The quantitative estimate of drug-likeness (QED) is 0.820. The molecule has 0 aliphatic heterocycles. The van der Waals surface area contributed by atoms with E-state index in [2.05, 4.69) is 9.97 Å². The first-order chi connectivity index (χ1) is 7.54. The summed E-state index contributed by atoms with van der Waals surface area (Å²) in [4.78, 5) is 7.84. The molecule has 2 rings (SSSR count). The topological polar surface area (TPSA) is 77.8 Å². The largest absolute Gasteiger partial charge is 0.384 e. The Morgan fingerprint density at radius 2 is 1.50 bits per heavy atom. The van der Waals surface area contributed by atoms with Crippen LogP contribution in [0.3, 0.4) is 0 Å². The van der Waals surface area contributed by atoms with E-state index in [-0.39, 0.29) is 5.95 Å². The van der Waals surface area contributed by atoms with E-state index < -0.39 is 0 Å². The molecular formula is C10H8Cl2N4. The monoisotopic (exact) mass is 254 g/mol. The maximum absolute atomic E-state index is 5.89. The number of nitrogens with two attached hydrogens (primary N) is 2. The Hall–Kier alpha value is -1.52. The highest BCUT2D eigenvalue weighted by Crippen LogP contribution is 2.26. The number of benzene rings is 1.